The third kappa shape index (κ3) is 5.75. The Kier molecular flexibility index (Phi) is 6.72. The third-order valence-electron chi connectivity index (χ3n) is 4.08. The van der Waals surface area contributed by atoms with Crippen LogP contribution >= 0.6 is 0 Å². The van der Waals surface area contributed by atoms with Crippen molar-refractivity contribution in [3.63, 3.8) is 0 Å². The normalized spacial score (nSPS) is 22.9. The van der Waals surface area contributed by atoms with Gasteiger partial charge in [0.05, 0.1) is 19.8 Å². The van der Waals surface area contributed by atoms with Crippen LogP contribution in [0.5, 0.6) is 0 Å². The van der Waals surface area contributed by atoms with Crippen molar-refractivity contribution in [1.82, 2.24) is 15.1 Å². The maximum atomic E-state index is 11.8. The summed E-state index contributed by atoms with van der Waals surface area (Å²) in [6.45, 7) is 7.93. The first-order valence-corrected chi connectivity index (χ1v) is 7.79. The molecule has 20 heavy (non-hydrogen) atoms. The molecule has 6 heteroatoms. The smallest absolute Gasteiger partial charge is 0.234 e. The van der Waals surface area contributed by atoms with E-state index >= 15 is 0 Å². The van der Waals surface area contributed by atoms with Crippen LogP contribution in [-0.4, -0.2) is 80.8 Å². The molecule has 2 saturated heterocycles. The number of nitrogens with two attached hydrogens (primary N) is 1. The zero-order chi connectivity index (χ0) is 14.2. The molecule has 6 nitrogen and oxygen atoms in total. The van der Waals surface area contributed by atoms with Gasteiger partial charge in [-0.25, -0.2) is 0 Å². The number of hydrogen-bond donors (Lipinski definition) is 2. The third-order valence-corrected chi connectivity index (χ3v) is 4.08. The Morgan fingerprint density at radius 3 is 2.55 bits per heavy atom. The van der Waals surface area contributed by atoms with Gasteiger partial charge in [-0.1, -0.05) is 0 Å². The zero-order valence-corrected chi connectivity index (χ0v) is 12.4. The minimum atomic E-state index is 0.141. The maximum Gasteiger partial charge on any atom is 0.234 e. The highest BCUT2D eigenvalue weighted by Crippen LogP contribution is 2.07. The summed E-state index contributed by atoms with van der Waals surface area (Å²) in [5, 5.41) is 3.01. The average Bonchev–Trinajstić information content (AvgIpc) is 2.47. The van der Waals surface area contributed by atoms with Gasteiger partial charge in [-0.15, -0.1) is 0 Å². The number of nitrogens with one attached hydrogen (secondary N) is 1. The molecule has 0 unspecified atom stereocenters. The molecule has 0 radical (unpaired) electrons. The Morgan fingerprint density at radius 2 is 1.85 bits per heavy atom. The molecule has 2 aliphatic rings. The van der Waals surface area contributed by atoms with Crippen molar-refractivity contribution >= 4 is 5.91 Å². The maximum absolute atomic E-state index is 11.8. The SMILES string of the molecule is NC1CCN(CC(=O)NCCCN2CCOCC2)CC1. The van der Waals surface area contributed by atoms with Crippen molar-refractivity contribution in [2.75, 3.05) is 59.0 Å². The zero-order valence-electron chi connectivity index (χ0n) is 12.4. The summed E-state index contributed by atoms with van der Waals surface area (Å²) in [5.74, 6) is 0.141. The predicted octanol–water partition coefficient (Wildman–Crippen LogP) is -0.752. The second kappa shape index (κ2) is 8.56. The van der Waals surface area contributed by atoms with E-state index in [1.807, 2.05) is 0 Å². The molecule has 2 aliphatic heterocycles. The minimum absolute atomic E-state index is 0.141. The number of nitrogens with zero attached hydrogens (tertiary/aromatic N) is 2. The molecule has 3 N–H and O–H groups in total. The molecular formula is C14H28N4O2. The van der Waals surface area contributed by atoms with Crippen molar-refractivity contribution in [2.45, 2.75) is 25.3 Å². The van der Waals surface area contributed by atoms with Crippen LogP contribution in [0.3, 0.4) is 0 Å². The van der Waals surface area contributed by atoms with Crippen LogP contribution in [0.15, 0.2) is 0 Å². The number of morpholine rings is 1. The lowest BCUT2D eigenvalue weighted by Crippen LogP contribution is -2.45. The fourth-order valence-corrected chi connectivity index (χ4v) is 2.73. The van der Waals surface area contributed by atoms with Crippen LogP contribution in [0.2, 0.25) is 0 Å². The Bertz CT molecular complexity index is 287. The van der Waals surface area contributed by atoms with Crippen LogP contribution < -0.4 is 11.1 Å². The topological polar surface area (TPSA) is 70.8 Å². The number of carbonyl (C=O) groups excluding carboxylic acids is 1. The van der Waals surface area contributed by atoms with E-state index in [2.05, 4.69) is 15.1 Å². The van der Waals surface area contributed by atoms with Crippen LogP contribution in [0, 0.1) is 0 Å². The van der Waals surface area contributed by atoms with Crippen LogP contribution in [0.4, 0.5) is 0 Å². The molecule has 2 fully saturated rings. The Hall–Kier alpha value is -0.690. The van der Waals surface area contributed by atoms with Gasteiger partial charge >= 0.3 is 0 Å². The van der Waals surface area contributed by atoms with Gasteiger partial charge < -0.3 is 15.8 Å². The average molecular weight is 284 g/mol. The van der Waals surface area contributed by atoms with E-state index in [1.54, 1.807) is 0 Å². The molecular weight excluding hydrogens is 256 g/mol. The van der Waals surface area contributed by atoms with Gasteiger partial charge in [0.2, 0.25) is 5.91 Å². The van der Waals surface area contributed by atoms with Gasteiger partial charge in [-0.3, -0.25) is 14.6 Å². The summed E-state index contributed by atoms with van der Waals surface area (Å²) in [6, 6.07) is 0.322. The predicted molar refractivity (Wildman–Crippen MR) is 78.5 cm³/mol. The summed E-state index contributed by atoms with van der Waals surface area (Å²) in [5.41, 5.74) is 5.86. The number of ether oxygens (including phenoxy) is 1. The van der Waals surface area contributed by atoms with Gasteiger partial charge in [0.15, 0.2) is 0 Å². The monoisotopic (exact) mass is 284 g/mol. The number of likely N-dealkylation sites (tertiary alicyclic amines) is 1. The van der Waals surface area contributed by atoms with Crippen molar-refractivity contribution in [2.24, 2.45) is 5.73 Å². The molecule has 0 aromatic heterocycles. The largest absolute Gasteiger partial charge is 0.379 e. The Morgan fingerprint density at radius 1 is 1.15 bits per heavy atom. The van der Waals surface area contributed by atoms with Gasteiger partial charge in [-0.2, -0.15) is 0 Å². The molecule has 0 aliphatic carbocycles. The molecule has 2 rings (SSSR count). The summed E-state index contributed by atoms with van der Waals surface area (Å²) < 4.78 is 5.31. The van der Waals surface area contributed by atoms with Crippen LogP contribution in [-0.2, 0) is 9.53 Å². The number of hydrogen-bond acceptors (Lipinski definition) is 5. The quantitative estimate of drug-likeness (QED) is 0.628. The minimum Gasteiger partial charge on any atom is -0.379 e. The molecule has 2 heterocycles. The lowest BCUT2D eigenvalue weighted by Gasteiger charge is -2.29. The van der Waals surface area contributed by atoms with E-state index in [9.17, 15) is 4.79 Å². The highest BCUT2D eigenvalue weighted by atomic mass is 16.5. The molecule has 1 amide bonds. The van der Waals surface area contributed by atoms with Crippen molar-refractivity contribution in [1.29, 1.82) is 0 Å². The van der Waals surface area contributed by atoms with Crippen LogP contribution in [0.1, 0.15) is 19.3 Å². The lowest BCUT2D eigenvalue weighted by molar-refractivity contribution is -0.122. The van der Waals surface area contributed by atoms with E-state index in [0.29, 0.717) is 12.6 Å². The molecule has 0 aromatic rings. The Balaban J connectivity index is 1.49. The first kappa shape index (κ1) is 15.7. The van der Waals surface area contributed by atoms with E-state index in [0.717, 1.165) is 71.7 Å². The van der Waals surface area contributed by atoms with Crippen molar-refractivity contribution in [3.05, 3.63) is 0 Å². The van der Waals surface area contributed by atoms with Gasteiger partial charge in [0, 0.05) is 38.8 Å². The van der Waals surface area contributed by atoms with Crippen molar-refractivity contribution < 1.29 is 9.53 Å². The van der Waals surface area contributed by atoms with E-state index < -0.39 is 0 Å². The summed E-state index contributed by atoms with van der Waals surface area (Å²) in [4.78, 5) is 16.4. The summed E-state index contributed by atoms with van der Waals surface area (Å²) >= 11 is 0. The second-order valence-electron chi connectivity index (χ2n) is 5.77. The van der Waals surface area contributed by atoms with Crippen molar-refractivity contribution in [3.8, 4) is 0 Å². The fraction of sp³-hybridized carbons (Fsp3) is 0.929. The van der Waals surface area contributed by atoms with Gasteiger partial charge in [0.25, 0.3) is 0 Å². The van der Waals surface area contributed by atoms with E-state index in [4.69, 9.17) is 10.5 Å². The van der Waals surface area contributed by atoms with Gasteiger partial charge in [0.1, 0.15) is 0 Å². The standard InChI is InChI=1S/C14H28N4O2/c15-13-2-6-18(7-3-13)12-14(19)16-4-1-5-17-8-10-20-11-9-17/h13H,1-12,15H2,(H,16,19). The Labute approximate surface area is 121 Å². The lowest BCUT2D eigenvalue weighted by atomic mass is 10.1. The number of amides is 1. The number of piperidine rings is 1. The highest BCUT2D eigenvalue weighted by molar-refractivity contribution is 5.77. The van der Waals surface area contributed by atoms with Crippen LogP contribution in [0.25, 0.3) is 0 Å². The van der Waals surface area contributed by atoms with Gasteiger partial charge in [-0.05, 0) is 25.8 Å². The second-order valence-corrected chi connectivity index (χ2v) is 5.77. The molecule has 0 atom stereocenters. The highest BCUT2D eigenvalue weighted by Gasteiger charge is 2.18. The molecule has 0 spiro atoms. The molecule has 0 saturated carbocycles. The first-order valence-electron chi connectivity index (χ1n) is 7.79. The first-order chi connectivity index (χ1) is 9.74. The van der Waals surface area contributed by atoms with E-state index in [1.165, 1.54) is 0 Å². The van der Waals surface area contributed by atoms with E-state index in [-0.39, 0.29) is 5.91 Å². The fourth-order valence-electron chi connectivity index (χ4n) is 2.73. The molecule has 116 valence electrons. The summed E-state index contributed by atoms with van der Waals surface area (Å²) in [6.07, 6.45) is 3.02. The molecule has 0 bridgehead atoms. The molecule has 0 aromatic carbocycles. The summed E-state index contributed by atoms with van der Waals surface area (Å²) in [7, 11) is 0. The number of rotatable bonds is 6. The number of carbonyl (C=O) groups is 1.